The molecule has 2 aromatic carbocycles. The van der Waals surface area contributed by atoms with Gasteiger partial charge in [0.05, 0.1) is 7.11 Å². The number of methoxy groups -OCH3 is 1. The quantitative estimate of drug-likeness (QED) is 0.843. The lowest BCUT2D eigenvalue weighted by Gasteiger charge is -2.31. The molecule has 0 bridgehead atoms. The van der Waals surface area contributed by atoms with Gasteiger partial charge in [-0.3, -0.25) is 4.79 Å². The van der Waals surface area contributed by atoms with E-state index in [0.29, 0.717) is 6.54 Å². The Labute approximate surface area is 125 Å². The van der Waals surface area contributed by atoms with E-state index in [1.165, 1.54) is 0 Å². The molecule has 0 atom stereocenters. The first kappa shape index (κ1) is 13.7. The third kappa shape index (κ3) is 2.29. The standard InChI is InChI=1S/C18H19NO2/c1-12-5-4-6-13(2)17(12)19-10-9-14-11-15(21-3)7-8-16(14)18(19)20/h4-8,11H,9-10H2,1-3H3. The van der Waals surface area contributed by atoms with E-state index in [2.05, 4.69) is 26.0 Å². The van der Waals surface area contributed by atoms with Crippen LogP contribution in [0.4, 0.5) is 5.69 Å². The average molecular weight is 281 g/mol. The fourth-order valence-corrected chi connectivity index (χ4v) is 3.04. The van der Waals surface area contributed by atoms with Crippen LogP contribution in [0.1, 0.15) is 27.0 Å². The monoisotopic (exact) mass is 281 g/mol. The van der Waals surface area contributed by atoms with E-state index in [9.17, 15) is 4.79 Å². The minimum absolute atomic E-state index is 0.0799. The van der Waals surface area contributed by atoms with Gasteiger partial charge in [0.2, 0.25) is 0 Å². The zero-order chi connectivity index (χ0) is 15.0. The van der Waals surface area contributed by atoms with E-state index in [1.807, 2.05) is 29.2 Å². The van der Waals surface area contributed by atoms with Crippen LogP contribution in [0.25, 0.3) is 0 Å². The molecular weight excluding hydrogens is 262 g/mol. The van der Waals surface area contributed by atoms with Crippen molar-refractivity contribution in [3.63, 3.8) is 0 Å². The number of hydrogen-bond donors (Lipinski definition) is 0. The second-order valence-electron chi connectivity index (χ2n) is 5.47. The zero-order valence-electron chi connectivity index (χ0n) is 12.6. The fraction of sp³-hybridized carbons (Fsp3) is 0.278. The minimum Gasteiger partial charge on any atom is -0.497 e. The SMILES string of the molecule is COc1ccc2c(c1)CCN(c1c(C)cccc1C)C2=O. The van der Waals surface area contributed by atoms with Crippen molar-refractivity contribution in [1.29, 1.82) is 0 Å². The van der Waals surface area contributed by atoms with Crippen molar-refractivity contribution >= 4 is 11.6 Å². The van der Waals surface area contributed by atoms with Gasteiger partial charge < -0.3 is 9.64 Å². The Kier molecular flexibility index (Phi) is 3.42. The molecule has 3 nitrogen and oxygen atoms in total. The summed E-state index contributed by atoms with van der Waals surface area (Å²) in [6, 6.07) is 11.8. The van der Waals surface area contributed by atoms with E-state index < -0.39 is 0 Å². The lowest BCUT2D eigenvalue weighted by molar-refractivity contribution is 0.0980. The van der Waals surface area contributed by atoms with Gasteiger partial charge in [0.25, 0.3) is 5.91 Å². The summed E-state index contributed by atoms with van der Waals surface area (Å²) in [5.74, 6) is 0.887. The second-order valence-corrected chi connectivity index (χ2v) is 5.47. The first-order valence-electron chi connectivity index (χ1n) is 7.17. The molecular formula is C18H19NO2. The summed E-state index contributed by atoms with van der Waals surface area (Å²) in [6.07, 6.45) is 0.853. The van der Waals surface area contributed by atoms with Gasteiger partial charge in [-0.2, -0.15) is 0 Å². The van der Waals surface area contributed by atoms with Crippen LogP contribution in [0, 0.1) is 13.8 Å². The highest BCUT2D eigenvalue weighted by atomic mass is 16.5. The number of rotatable bonds is 2. The lowest BCUT2D eigenvalue weighted by atomic mass is 9.96. The molecule has 0 saturated heterocycles. The van der Waals surface area contributed by atoms with E-state index in [0.717, 1.165) is 40.1 Å². The van der Waals surface area contributed by atoms with E-state index in [-0.39, 0.29) is 5.91 Å². The maximum absolute atomic E-state index is 12.8. The highest BCUT2D eigenvalue weighted by molar-refractivity contribution is 6.09. The summed E-state index contributed by atoms with van der Waals surface area (Å²) >= 11 is 0. The highest BCUT2D eigenvalue weighted by Crippen LogP contribution is 2.31. The number of amides is 1. The van der Waals surface area contributed by atoms with Crippen molar-refractivity contribution in [1.82, 2.24) is 0 Å². The second kappa shape index (κ2) is 5.24. The van der Waals surface area contributed by atoms with Gasteiger partial charge in [0, 0.05) is 17.8 Å². The number of carbonyl (C=O) groups excluding carboxylic acids is 1. The summed E-state index contributed by atoms with van der Waals surface area (Å²) < 4.78 is 5.24. The first-order chi connectivity index (χ1) is 10.1. The number of benzene rings is 2. The first-order valence-corrected chi connectivity index (χ1v) is 7.17. The maximum atomic E-state index is 12.8. The molecule has 3 rings (SSSR count). The molecule has 1 aliphatic rings. The molecule has 1 heterocycles. The Morgan fingerprint density at radius 2 is 1.81 bits per heavy atom. The number of carbonyl (C=O) groups is 1. The number of ether oxygens (including phenoxy) is 1. The molecule has 0 unspecified atom stereocenters. The van der Waals surface area contributed by atoms with Crippen molar-refractivity contribution in [3.05, 3.63) is 58.7 Å². The molecule has 2 aromatic rings. The van der Waals surface area contributed by atoms with E-state index in [1.54, 1.807) is 7.11 Å². The van der Waals surface area contributed by atoms with E-state index >= 15 is 0 Å². The van der Waals surface area contributed by atoms with Gasteiger partial charge in [-0.25, -0.2) is 0 Å². The minimum atomic E-state index is 0.0799. The molecule has 0 aliphatic carbocycles. The van der Waals surface area contributed by atoms with Crippen LogP contribution in [0.2, 0.25) is 0 Å². The summed E-state index contributed by atoms with van der Waals surface area (Å²) in [5, 5.41) is 0. The van der Waals surface area contributed by atoms with Crippen LogP contribution in [-0.4, -0.2) is 19.6 Å². The molecule has 0 N–H and O–H groups in total. The Morgan fingerprint density at radius 1 is 1.10 bits per heavy atom. The summed E-state index contributed by atoms with van der Waals surface area (Å²) in [5.41, 5.74) is 5.18. The van der Waals surface area contributed by atoms with Crippen LogP contribution < -0.4 is 9.64 Å². The molecule has 0 radical (unpaired) electrons. The third-order valence-corrected chi connectivity index (χ3v) is 4.10. The Morgan fingerprint density at radius 3 is 2.48 bits per heavy atom. The summed E-state index contributed by atoms with van der Waals surface area (Å²) in [7, 11) is 1.65. The normalized spacial score (nSPS) is 14.0. The molecule has 0 spiro atoms. The number of hydrogen-bond acceptors (Lipinski definition) is 2. The van der Waals surface area contributed by atoms with Gasteiger partial charge in [-0.1, -0.05) is 18.2 Å². The van der Waals surface area contributed by atoms with Crippen LogP contribution >= 0.6 is 0 Å². The third-order valence-electron chi connectivity index (χ3n) is 4.10. The Balaban J connectivity index is 2.03. The van der Waals surface area contributed by atoms with Crippen molar-refractivity contribution < 1.29 is 9.53 Å². The van der Waals surface area contributed by atoms with Gasteiger partial charge in [0.1, 0.15) is 5.75 Å². The highest BCUT2D eigenvalue weighted by Gasteiger charge is 2.27. The van der Waals surface area contributed by atoms with Gasteiger partial charge in [-0.15, -0.1) is 0 Å². The van der Waals surface area contributed by atoms with Crippen molar-refractivity contribution in [2.75, 3.05) is 18.6 Å². The topological polar surface area (TPSA) is 29.5 Å². The number of nitrogens with zero attached hydrogens (tertiary/aromatic N) is 1. The average Bonchev–Trinajstić information content (AvgIpc) is 2.49. The van der Waals surface area contributed by atoms with Crippen LogP contribution in [0.5, 0.6) is 5.75 Å². The van der Waals surface area contributed by atoms with Crippen molar-refractivity contribution in [2.45, 2.75) is 20.3 Å². The lowest BCUT2D eigenvalue weighted by Crippen LogP contribution is -2.38. The smallest absolute Gasteiger partial charge is 0.258 e. The molecule has 0 aromatic heterocycles. The number of aryl methyl sites for hydroxylation is 2. The molecule has 3 heteroatoms. The molecule has 0 saturated carbocycles. The van der Waals surface area contributed by atoms with Gasteiger partial charge >= 0.3 is 0 Å². The molecule has 21 heavy (non-hydrogen) atoms. The largest absolute Gasteiger partial charge is 0.497 e. The molecule has 1 amide bonds. The Hall–Kier alpha value is -2.29. The predicted molar refractivity (Wildman–Crippen MR) is 84.3 cm³/mol. The van der Waals surface area contributed by atoms with Gasteiger partial charge in [-0.05, 0) is 55.2 Å². The molecule has 0 fully saturated rings. The van der Waals surface area contributed by atoms with Crippen LogP contribution in [0.15, 0.2) is 36.4 Å². The number of para-hydroxylation sites is 1. The molecule has 1 aliphatic heterocycles. The van der Waals surface area contributed by atoms with Crippen LogP contribution in [-0.2, 0) is 6.42 Å². The zero-order valence-corrected chi connectivity index (χ0v) is 12.6. The number of fused-ring (bicyclic) bond motifs is 1. The Bertz CT molecular complexity index is 686. The summed E-state index contributed by atoms with van der Waals surface area (Å²) in [6.45, 7) is 4.82. The number of anilines is 1. The van der Waals surface area contributed by atoms with Gasteiger partial charge in [0.15, 0.2) is 0 Å². The summed E-state index contributed by atoms with van der Waals surface area (Å²) in [4.78, 5) is 14.7. The van der Waals surface area contributed by atoms with E-state index in [4.69, 9.17) is 4.74 Å². The molecule has 108 valence electrons. The van der Waals surface area contributed by atoms with Crippen LogP contribution in [0.3, 0.4) is 0 Å². The van der Waals surface area contributed by atoms with Crippen molar-refractivity contribution in [2.24, 2.45) is 0 Å². The van der Waals surface area contributed by atoms with Crippen molar-refractivity contribution in [3.8, 4) is 5.75 Å². The fourth-order valence-electron chi connectivity index (χ4n) is 3.04. The predicted octanol–water partition coefficient (Wildman–Crippen LogP) is 3.51. The maximum Gasteiger partial charge on any atom is 0.258 e.